The lowest BCUT2D eigenvalue weighted by atomic mass is 10.4. The van der Waals surface area contributed by atoms with E-state index in [0.29, 0.717) is 36.3 Å². The number of H-pyrrole nitrogens is 1. The van der Waals surface area contributed by atoms with Crippen molar-refractivity contribution in [3.8, 4) is 0 Å². The van der Waals surface area contributed by atoms with Crippen molar-refractivity contribution in [3.63, 3.8) is 0 Å². The van der Waals surface area contributed by atoms with Gasteiger partial charge in [0.25, 0.3) is 5.56 Å². The number of hydrogen-bond acceptors (Lipinski definition) is 6. The molecule has 1 unspecified atom stereocenters. The van der Waals surface area contributed by atoms with Gasteiger partial charge in [-0.2, -0.15) is 0 Å². The second-order valence-corrected chi connectivity index (χ2v) is 4.86. The molecule has 0 aliphatic carbocycles. The van der Waals surface area contributed by atoms with Crippen LogP contribution in [0, 0.1) is 6.92 Å². The molecule has 0 fully saturated rings. The quantitative estimate of drug-likeness (QED) is 0.344. The van der Waals surface area contributed by atoms with E-state index in [1.807, 2.05) is 0 Å². The van der Waals surface area contributed by atoms with E-state index in [9.17, 15) is 9.90 Å². The van der Waals surface area contributed by atoms with Crippen LogP contribution in [0.15, 0.2) is 16.0 Å². The molecule has 18 heavy (non-hydrogen) atoms. The van der Waals surface area contributed by atoms with E-state index < -0.39 is 6.10 Å². The average molecular weight is 273 g/mol. The van der Waals surface area contributed by atoms with E-state index in [1.54, 1.807) is 14.0 Å². The number of aromatic nitrogens is 2. The first kappa shape index (κ1) is 15.2. The van der Waals surface area contributed by atoms with E-state index in [-0.39, 0.29) is 5.56 Å². The molecule has 7 heteroatoms. The highest BCUT2D eigenvalue weighted by atomic mass is 32.2. The number of rotatable bonds is 8. The van der Waals surface area contributed by atoms with Gasteiger partial charge < -0.3 is 20.1 Å². The maximum absolute atomic E-state index is 11.2. The van der Waals surface area contributed by atoms with Gasteiger partial charge in [0, 0.05) is 37.7 Å². The number of nitrogens with zero attached hydrogens (tertiary/aromatic N) is 1. The number of aromatic amines is 1. The Morgan fingerprint density at radius 3 is 3.11 bits per heavy atom. The zero-order valence-corrected chi connectivity index (χ0v) is 11.4. The molecule has 102 valence electrons. The number of nitrogens with one attached hydrogen (secondary N) is 2. The average Bonchev–Trinajstić information content (AvgIpc) is 2.31. The molecule has 0 saturated heterocycles. The maximum Gasteiger partial charge on any atom is 0.251 e. The third kappa shape index (κ3) is 6.15. The lowest BCUT2D eigenvalue weighted by Gasteiger charge is -2.10. The minimum absolute atomic E-state index is 0.169. The SMILES string of the molecule is COCCNCC(O)CSc1nc(C)cc(=O)[nH]1. The van der Waals surface area contributed by atoms with E-state index in [1.165, 1.54) is 17.8 Å². The molecule has 1 aromatic heterocycles. The number of aliphatic hydroxyl groups is 1. The molecule has 0 radical (unpaired) electrons. The van der Waals surface area contributed by atoms with E-state index >= 15 is 0 Å². The fraction of sp³-hybridized carbons (Fsp3) is 0.636. The maximum atomic E-state index is 11.2. The Balaban J connectivity index is 2.29. The van der Waals surface area contributed by atoms with Gasteiger partial charge in [-0.3, -0.25) is 4.79 Å². The summed E-state index contributed by atoms with van der Waals surface area (Å²) in [5, 5.41) is 13.3. The summed E-state index contributed by atoms with van der Waals surface area (Å²) >= 11 is 1.33. The Morgan fingerprint density at radius 1 is 1.67 bits per heavy atom. The van der Waals surface area contributed by atoms with Crippen LogP contribution in [0.3, 0.4) is 0 Å². The highest BCUT2D eigenvalue weighted by molar-refractivity contribution is 7.99. The Morgan fingerprint density at radius 2 is 2.44 bits per heavy atom. The number of hydrogen-bond donors (Lipinski definition) is 3. The molecule has 1 heterocycles. The van der Waals surface area contributed by atoms with Gasteiger partial charge in [0.1, 0.15) is 0 Å². The molecule has 0 amide bonds. The highest BCUT2D eigenvalue weighted by Gasteiger charge is 2.06. The van der Waals surface area contributed by atoms with Crippen molar-refractivity contribution >= 4 is 11.8 Å². The van der Waals surface area contributed by atoms with Crippen molar-refractivity contribution < 1.29 is 9.84 Å². The molecular formula is C11H19N3O3S. The molecular weight excluding hydrogens is 254 g/mol. The second-order valence-electron chi connectivity index (χ2n) is 3.85. The van der Waals surface area contributed by atoms with Crippen molar-refractivity contribution in [1.29, 1.82) is 0 Å². The molecule has 0 aromatic carbocycles. The summed E-state index contributed by atoms with van der Waals surface area (Å²) in [6, 6.07) is 1.44. The van der Waals surface area contributed by atoms with Crippen LogP contribution in [0.2, 0.25) is 0 Å². The molecule has 0 aliphatic heterocycles. The summed E-state index contributed by atoms with van der Waals surface area (Å²) in [7, 11) is 1.63. The normalized spacial score (nSPS) is 12.6. The smallest absolute Gasteiger partial charge is 0.251 e. The van der Waals surface area contributed by atoms with Crippen molar-refractivity contribution in [2.24, 2.45) is 0 Å². The lowest BCUT2D eigenvalue weighted by Crippen LogP contribution is -2.30. The van der Waals surface area contributed by atoms with Crippen LogP contribution >= 0.6 is 11.8 Å². The molecule has 0 saturated carbocycles. The summed E-state index contributed by atoms with van der Waals surface area (Å²) < 4.78 is 4.88. The van der Waals surface area contributed by atoms with Crippen LogP contribution in [0.4, 0.5) is 0 Å². The minimum Gasteiger partial charge on any atom is -0.391 e. The molecule has 6 nitrogen and oxygen atoms in total. The van der Waals surface area contributed by atoms with Crippen LogP contribution in [0.1, 0.15) is 5.69 Å². The summed E-state index contributed by atoms with van der Waals surface area (Å²) in [4.78, 5) is 18.0. The number of aliphatic hydroxyl groups excluding tert-OH is 1. The fourth-order valence-electron chi connectivity index (χ4n) is 1.30. The zero-order chi connectivity index (χ0) is 13.4. The summed E-state index contributed by atoms with van der Waals surface area (Å²) in [5.74, 6) is 0.479. The first-order valence-electron chi connectivity index (χ1n) is 5.70. The van der Waals surface area contributed by atoms with Crippen LogP contribution in [0.25, 0.3) is 0 Å². The molecule has 0 aliphatic rings. The van der Waals surface area contributed by atoms with Gasteiger partial charge in [-0.1, -0.05) is 11.8 Å². The van der Waals surface area contributed by atoms with Crippen LogP contribution in [0.5, 0.6) is 0 Å². The molecule has 1 atom stereocenters. The van der Waals surface area contributed by atoms with E-state index in [0.717, 1.165) is 0 Å². The zero-order valence-electron chi connectivity index (χ0n) is 10.6. The Labute approximate surface area is 110 Å². The van der Waals surface area contributed by atoms with Gasteiger partial charge in [-0.25, -0.2) is 4.98 Å². The van der Waals surface area contributed by atoms with E-state index in [4.69, 9.17) is 4.74 Å². The monoisotopic (exact) mass is 273 g/mol. The lowest BCUT2D eigenvalue weighted by molar-refractivity contribution is 0.175. The third-order valence-electron chi connectivity index (χ3n) is 2.12. The van der Waals surface area contributed by atoms with Gasteiger partial charge >= 0.3 is 0 Å². The molecule has 1 aromatic rings. The topological polar surface area (TPSA) is 87.2 Å². The first-order valence-corrected chi connectivity index (χ1v) is 6.69. The molecule has 3 N–H and O–H groups in total. The largest absolute Gasteiger partial charge is 0.391 e. The van der Waals surface area contributed by atoms with Gasteiger partial charge in [-0.15, -0.1) is 0 Å². The Kier molecular flexibility index (Phi) is 6.96. The van der Waals surface area contributed by atoms with Crippen LogP contribution in [-0.4, -0.2) is 53.7 Å². The van der Waals surface area contributed by atoms with Gasteiger partial charge in [-0.05, 0) is 6.92 Å². The highest BCUT2D eigenvalue weighted by Crippen LogP contribution is 2.12. The van der Waals surface area contributed by atoms with E-state index in [2.05, 4.69) is 15.3 Å². The predicted octanol–water partition coefficient (Wildman–Crippen LogP) is -0.233. The standard InChI is InChI=1S/C11H19N3O3S/c1-8-5-10(16)14-11(13-8)18-7-9(15)6-12-3-4-17-2/h5,9,12,15H,3-4,6-7H2,1-2H3,(H,13,14,16). The molecule has 0 spiro atoms. The number of ether oxygens (including phenoxy) is 1. The van der Waals surface area contributed by atoms with Crippen molar-refractivity contribution in [1.82, 2.24) is 15.3 Å². The Bertz CT molecular complexity index is 411. The Hall–Kier alpha value is -0.890. The summed E-state index contributed by atoms with van der Waals surface area (Å²) in [5.41, 5.74) is 0.506. The van der Waals surface area contributed by atoms with Crippen molar-refractivity contribution in [2.45, 2.75) is 18.2 Å². The van der Waals surface area contributed by atoms with Crippen LogP contribution in [-0.2, 0) is 4.74 Å². The van der Waals surface area contributed by atoms with Gasteiger partial charge in [0.05, 0.1) is 12.7 Å². The van der Waals surface area contributed by atoms with Gasteiger partial charge in [0.15, 0.2) is 5.16 Å². The minimum atomic E-state index is -0.488. The first-order chi connectivity index (χ1) is 8.61. The fourth-order valence-corrected chi connectivity index (χ4v) is 2.15. The van der Waals surface area contributed by atoms with Crippen LogP contribution < -0.4 is 10.9 Å². The summed E-state index contributed by atoms with van der Waals surface area (Å²) in [6.45, 7) is 3.58. The molecule has 1 rings (SSSR count). The summed E-state index contributed by atoms with van der Waals surface area (Å²) in [6.07, 6.45) is -0.488. The molecule has 0 bridgehead atoms. The van der Waals surface area contributed by atoms with Crippen molar-refractivity contribution in [3.05, 3.63) is 22.1 Å². The number of aryl methyl sites for hydroxylation is 1. The van der Waals surface area contributed by atoms with Crippen molar-refractivity contribution in [2.75, 3.05) is 32.6 Å². The third-order valence-corrected chi connectivity index (χ3v) is 3.14. The number of methoxy groups -OCH3 is 1. The number of thioether (sulfide) groups is 1. The predicted molar refractivity (Wildman–Crippen MR) is 71.1 cm³/mol. The second kappa shape index (κ2) is 8.25. The van der Waals surface area contributed by atoms with Gasteiger partial charge in [0.2, 0.25) is 0 Å².